The van der Waals surface area contributed by atoms with Crippen LogP contribution in [-0.4, -0.2) is 25.9 Å². The van der Waals surface area contributed by atoms with E-state index >= 15 is 0 Å². The molecule has 3 aromatic heterocycles. The number of fused-ring (bicyclic) bond motifs is 2. The number of carbonyl (C=O) groups excluding carboxylic acids is 1. The van der Waals surface area contributed by atoms with Crippen molar-refractivity contribution in [1.82, 2.24) is 19.3 Å². The van der Waals surface area contributed by atoms with Gasteiger partial charge in [0.1, 0.15) is 17.0 Å². The molecule has 0 saturated carbocycles. The molecule has 0 spiro atoms. The van der Waals surface area contributed by atoms with Gasteiger partial charge in [-0.3, -0.25) is 14.0 Å². The fourth-order valence-electron chi connectivity index (χ4n) is 3.48. The summed E-state index contributed by atoms with van der Waals surface area (Å²) in [6.07, 6.45) is 2.54. The second-order valence-corrected chi connectivity index (χ2v) is 7.42. The van der Waals surface area contributed by atoms with Crippen molar-refractivity contribution in [3.05, 3.63) is 81.9 Å². The molecule has 0 aliphatic heterocycles. The summed E-state index contributed by atoms with van der Waals surface area (Å²) in [7, 11) is 0. The van der Waals surface area contributed by atoms with Gasteiger partial charge in [0, 0.05) is 18.8 Å². The first kappa shape index (κ1) is 18.9. The van der Waals surface area contributed by atoms with E-state index in [2.05, 4.69) is 5.32 Å². The molecule has 0 bridgehead atoms. The van der Waals surface area contributed by atoms with Crippen LogP contribution in [0, 0.1) is 6.92 Å². The predicted molar refractivity (Wildman–Crippen MR) is 114 cm³/mol. The summed E-state index contributed by atoms with van der Waals surface area (Å²) in [4.78, 5) is 30.9. The Morgan fingerprint density at radius 1 is 1.14 bits per heavy atom. The van der Waals surface area contributed by atoms with Crippen LogP contribution in [0.2, 0.25) is 0 Å². The third-order valence-electron chi connectivity index (χ3n) is 5.30. The molecule has 4 aromatic rings. The van der Waals surface area contributed by atoms with Gasteiger partial charge >= 0.3 is 0 Å². The average Bonchev–Trinajstić information content (AvgIpc) is 3.08. The van der Waals surface area contributed by atoms with E-state index in [1.165, 1.54) is 0 Å². The molecule has 0 saturated heterocycles. The lowest BCUT2D eigenvalue weighted by atomic mass is 10.2. The number of benzene rings is 1. The highest BCUT2D eigenvalue weighted by Gasteiger charge is 2.21. The Kier molecular flexibility index (Phi) is 4.92. The highest BCUT2D eigenvalue weighted by Crippen LogP contribution is 2.20. The summed E-state index contributed by atoms with van der Waals surface area (Å²) < 4.78 is 3.39. The smallest absolute Gasteiger partial charge is 0.268 e. The van der Waals surface area contributed by atoms with Crippen LogP contribution in [0.15, 0.2) is 59.5 Å². The van der Waals surface area contributed by atoms with Gasteiger partial charge in [-0.2, -0.15) is 0 Å². The zero-order chi connectivity index (χ0) is 20.5. The van der Waals surface area contributed by atoms with E-state index in [1.54, 1.807) is 16.7 Å². The van der Waals surface area contributed by atoms with Crippen LogP contribution in [0.5, 0.6) is 0 Å². The van der Waals surface area contributed by atoms with Crippen molar-refractivity contribution in [2.75, 3.05) is 0 Å². The molecule has 6 nitrogen and oxygen atoms in total. The minimum absolute atomic E-state index is 0.0426. The van der Waals surface area contributed by atoms with Crippen LogP contribution < -0.4 is 10.9 Å². The number of pyridine rings is 1. The van der Waals surface area contributed by atoms with Crippen molar-refractivity contribution < 1.29 is 4.79 Å². The lowest BCUT2D eigenvalue weighted by Gasteiger charge is -2.14. The summed E-state index contributed by atoms with van der Waals surface area (Å²) in [6, 6.07) is 15.3. The van der Waals surface area contributed by atoms with Crippen LogP contribution in [0.1, 0.15) is 41.9 Å². The fourth-order valence-corrected chi connectivity index (χ4v) is 3.48. The molecular weight excluding hydrogens is 364 g/mol. The van der Waals surface area contributed by atoms with Crippen molar-refractivity contribution >= 4 is 22.6 Å². The molecule has 1 unspecified atom stereocenters. The summed E-state index contributed by atoms with van der Waals surface area (Å²) in [5.74, 6) is -0.196. The Morgan fingerprint density at radius 2 is 1.90 bits per heavy atom. The third kappa shape index (κ3) is 3.42. The summed E-state index contributed by atoms with van der Waals surface area (Å²) in [5, 5.41) is 3.45. The van der Waals surface area contributed by atoms with Crippen molar-refractivity contribution in [3.8, 4) is 0 Å². The average molecular weight is 388 g/mol. The van der Waals surface area contributed by atoms with Gasteiger partial charge in [-0.1, -0.05) is 43.3 Å². The molecular formula is C23H24N4O2. The number of amides is 1. The van der Waals surface area contributed by atoms with E-state index in [-0.39, 0.29) is 17.5 Å². The number of nitrogens with one attached hydrogen (secondary N) is 1. The Bertz CT molecular complexity index is 1250. The molecule has 4 rings (SSSR count). The molecule has 0 radical (unpaired) electrons. The lowest BCUT2D eigenvalue weighted by molar-refractivity contribution is 0.0930. The van der Waals surface area contributed by atoms with Gasteiger partial charge in [0.05, 0.1) is 5.39 Å². The second-order valence-electron chi connectivity index (χ2n) is 7.42. The number of rotatable bonds is 5. The highest BCUT2D eigenvalue weighted by molar-refractivity contribution is 5.98. The van der Waals surface area contributed by atoms with Crippen LogP contribution in [0.4, 0.5) is 0 Å². The van der Waals surface area contributed by atoms with E-state index in [0.29, 0.717) is 28.9 Å². The minimum Gasteiger partial charge on any atom is -0.348 e. The van der Waals surface area contributed by atoms with Crippen molar-refractivity contribution in [1.29, 1.82) is 0 Å². The quantitative estimate of drug-likeness (QED) is 0.569. The van der Waals surface area contributed by atoms with Gasteiger partial charge in [-0.05, 0) is 43.5 Å². The first-order valence-electron chi connectivity index (χ1n) is 9.85. The van der Waals surface area contributed by atoms with Crippen molar-refractivity contribution in [3.63, 3.8) is 0 Å². The van der Waals surface area contributed by atoms with E-state index in [9.17, 15) is 9.59 Å². The molecule has 0 aliphatic carbocycles. The van der Waals surface area contributed by atoms with E-state index in [1.807, 2.05) is 67.8 Å². The van der Waals surface area contributed by atoms with Crippen LogP contribution in [0.3, 0.4) is 0 Å². The number of nitrogens with zero attached hydrogens (tertiary/aromatic N) is 3. The molecule has 1 atom stereocenters. The largest absolute Gasteiger partial charge is 0.348 e. The van der Waals surface area contributed by atoms with Gasteiger partial charge in [0.2, 0.25) is 0 Å². The van der Waals surface area contributed by atoms with Gasteiger partial charge in [-0.25, -0.2) is 4.98 Å². The topological polar surface area (TPSA) is 68.4 Å². The maximum Gasteiger partial charge on any atom is 0.268 e. The first-order valence-corrected chi connectivity index (χ1v) is 9.85. The third-order valence-corrected chi connectivity index (χ3v) is 5.30. The first-order chi connectivity index (χ1) is 14.0. The number of carbonyl (C=O) groups is 1. The number of hydrogen-bond donors (Lipinski definition) is 1. The molecule has 148 valence electrons. The van der Waals surface area contributed by atoms with E-state index in [0.717, 1.165) is 17.5 Å². The molecule has 0 aliphatic rings. The van der Waals surface area contributed by atoms with E-state index < -0.39 is 0 Å². The Labute approximate surface area is 168 Å². The lowest BCUT2D eigenvalue weighted by Crippen LogP contribution is -2.33. The number of hydrogen-bond acceptors (Lipinski definition) is 3. The van der Waals surface area contributed by atoms with Crippen LogP contribution in [-0.2, 0) is 6.54 Å². The highest BCUT2D eigenvalue weighted by atomic mass is 16.2. The van der Waals surface area contributed by atoms with Crippen LogP contribution in [0.25, 0.3) is 16.7 Å². The maximum atomic E-state index is 13.1. The fraction of sp³-hybridized carbons (Fsp3) is 0.261. The van der Waals surface area contributed by atoms with Gasteiger partial charge in [-0.15, -0.1) is 0 Å². The van der Waals surface area contributed by atoms with Crippen LogP contribution >= 0.6 is 0 Å². The van der Waals surface area contributed by atoms with Gasteiger partial charge in [0.25, 0.3) is 11.5 Å². The molecule has 0 fully saturated rings. The SMILES string of the molecule is CCC(C)NC(=O)c1cc2c(=O)n3cccc(C)c3nc2n1Cc1ccccc1. The molecule has 29 heavy (non-hydrogen) atoms. The molecule has 6 heteroatoms. The maximum absolute atomic E-state index is 13.1. The number of aromatic nitrogens is 3. The summed E-state index contributed by atoms with van der Waals surface area (Å²) >= 11 is 0. The van der Waals surface area contributed by atoms with Crippen molar-refractivity contribution in [2.45, 2.75) is 39.8 Å². The Balaban J connectivity index is 1.97. The monoisotopic (exact) mass is 388 g/mol. The summed E-state index contributed by atoms with van der Waals surface area (Å²) in [6.45, 7) is 6.37. The Hall–Kier alpha value is -3.41. The second kappa shape index (κ2) is 7.54. The summed E-state index contributed by atoms with van der Waals surface area (Å²) in [5.41, 5.74) is 3.35. The van der Waals surface area contributed by atoms with Gasteiger partial charge < -0.3 is 9.88 Å². The predicted octanol–water partition coefficient (Wildman–Crippen LogP) is 3.53. The molecule has 1 N–H and O–H groups in total. The standard InChI is InChI=1S/C23H24N4O2/c1-4-16(3)24-22(28)19-13-18-21(27(19)14-17-10-6-5-7-11-17)25-20-15(2)9-8-12-26(20)23(18)29/h5-13,16H,4,14H2,1-3H3,(H,24,28). The minimum atomic E-state index is -0.196. The molecule has 1 aromatic carbocycles. The van der Waals surface area contributed by atoms with E-state index in [4.69, 9.17) is 4.98 Å². The number of aryl methyl sites for hydroxylation is 1. The normalized spacial score (nSPS) is 12.4. The Morgan fingerprint density at radius 3 is 2.62 bits per heavy atom. The zero-order valence-corrected chi connectivity index (χ0v) is 16.8. The van der Waals surface area contributed by atoms with Gasteiger partial charge in [0.15, 0.2) is 0 Å². The zero-order valence-electron chi connectivity index (χ0n) is 16.8. The molecule has 1 amide bonds. The van der Waals surface area contributed by atoms with Crippen molar-refractivity contribution in [2.24, 2.45) is 0 Å². The molecule has 3 heterocycles.